The smallest absolute Gasteiger partial charge is 0.123 e. The highest BCUT2D eigenvalue weighted by Gasteiger charge is 1.99. The lowest BCUT2D eigenvalue weighted by Gasteiger charge is -2.07. The van der Waals surface area contributed by atoms with Crippen LogP contribution in [0.4, 0.5) is 4.39 Å². The van der Waals surface area contributed by atoms with Gasteiger partial charge in [-0.1, -0.05) is 11.8 Å². The van der Waals surface area contributed by atoms with E-state index >= 15 is 0 Å². The first-order valence-electron chi connectivity index (χ1n) is 5.17. The van der Waals surface area contributed by atoms with Crippen molar-refractivity contribution in [1.82, 2.24) is 0 Å². The SMILES string of the molecule is Cc1cc(C#CCCO)ccc1OCCF. The van der Waals surface area contributed by atoms with Crippen LogP contribution < -0.4 is 4.74 Å². The Bertz CT molecular complexity index is 391. The first kappa shape index (κ1) is 12.5. The van der Waals surface area contributed by atoms with Crippen LogP contribution in [-0.2, 0) is 0 Å². The number of hydrogen-bond acceptors (Lipinski definition) is 2. The average molecular weight is 222 g/mol. The normalized spacial score (nSPS) is 9.44. The number of aliphatic hydroxyl groups is 1. The van der Waals surface area contributed by atoms with E-state index in [0.29, 0.717) is 12.2 Å². The van der Waals surface area contributed by atoms with Gasteiger partial charge in [0.05, 0.1) is 6.61 Å². The average Bonchev–Trinajstić information content (AvgIpc) is 2.28. The molecule has 0 amide bonds. The molecule has 1 N–H and O–H groups in total. The minimum Gasteiger partial charge on any atom is -0.491 e. The molecule has 0 bridgehead atoms. The number of benzene rings is 1. The predicted octanol–water partition coefficient (Wildman–Crippen LogP) is 2.08. The maximum absolute atomic E-state index is 11.9. The van der Waals surface area contributed by atoms with Crippen LogP contribution in [0.15, 0.2) is 18.2 Å². The quantitative estimate of drug-likeness (QED) is 0.790. The third-order valence-electron chi connectivity index (χ3n) is 1.98. The van der Waals surface area contributed by atoms with Gasteiger partial charge in [0, 0.05) is 12.0 Å². The van der Waals surface area contributed by atoms with Crippen molar-refractivity contribution in [2.75, 3.05) is 19.9 Å². The molecule has 1 aromatic rings. The molecule has 0 aliphatic heterocycles. The van der Waals surface area contributed by atoms with Gasteiger partial charge in [0.15, 0.2) is 0 Å². The molecule has 0 atom stereocenters. The summed E-state index contributed by atoms with van der Waals surface area (Å²) in [6.07, 6.45) is 0.471. The van der Waals surface area contributed by atoms with Gasteiger partial charge in [-0.05, 0) is 30.7 Å². The van der Waals surface area contributed by atoms with Gasteiger partial charge in [-0.2, -0.15) is 0 Å². The van der Waals surface area contributed by atoms with Crippen LogP contribution in [-0.4, -0.2) is 25.0 Å². The van der Waals surface area contributed by atoms with Gasteiger partial charge < -0.3 is 9.84 Å². The van der Waals surface area contributed by atoms with Crippen molar-refractivity contribution in [3.05, 3.63) is 29.3 Å². The summed E-state index contributed by atoms with van der Waals surface area (Å²) in [5.74, 6) is 6.46. The Morgan fingerprint density at radius 2 is 2.25 bits per heavy atom. The number of rotatable bonds is 4. The zero-order valence-electron chi connectivity index (χ0n) is 9.29. The highest BCUT2D eigenvalue weighted by atomic mass is 19.1. The van der Waals surface area contributed by atoms with Gasteiger partial charge in [-0.15, -0.1) is 0 Å². The topological polar surface area (TPSA) is 29.5 Å². The Kier molecular flexibility index (Phi) is 5.38. The van der Waals surface area contributed by atoms with E-state index < -0.39 is 6.67 Å². The van der Waals surface area contributed by atoms with Crippen LogP contribution >= 0.6 is 0 Å². The van der Waals surface area contributed by atoms with E-state index in [1.165, 1.54) is 0 Å². The summed E-state index contributed by atoms with van der Waals surface area (Å²) in [5.41, 5.74) is 1.81. The molecule has 1 rings (SSSR count). The van der Waals surface area contributed by atoms with Crippen molar-refractivity contribution in [3.63, 3.8) is 0 Å². The Hall–Kier alpha value is -1.53. The Labute approximate surface area is 95.1 Å². The first-order valence-corrected chi connectivity index (χ1v) is 5.17. The lowest BCUT2D eigenvalue weighted by molar-refractivity contribution is 0.272. The zero-order chi connectivity index (χ0) is 11.8. The molecule has 3 heteroatoms. The summed E-state index contributed by atoms with van der Waals surface area (Å²) in [6.45, 7) is 1.56. The van der Waals surface area contributed by atoms with Crippen molar-refractivity contribution in [2.45, 2.75) is 13.3 Å². The van der Waals surface area contributed by atoms with E-state index in [4.69, 9.17) is 9.84 Å². The van der Waals surface area contributed by atoms with Crippen molar-refractivity contribution < 1.29 is 14.2 Å². The van der Waals surface area contributed by atoms with Crippen LogP contribution in [0.2, 0.25) is 0 Å². The second-order valence-corrected chi connectivity index (χ2v) is 3.29. The summed E-state index contributed by atoms with van der Waals surface area (Å²) in [7, 11) is 0. The highest BCUT2D eigenvalue weighted by molar-refractivity contribution is 5.43. The van der Waals surface area contributed by atoms with Crippen LogP contribution in [0.3, 0.4) is 0 Å². The molecule has 2 nitrogen and oxygen atoms in total. The second-order valence-electron chi connectivity index (χ2n) is 3.29. The van der Waals surface area contributed by atoms with Gasteiger partial charge in [-0.25, -0.2) is 4.39 Å². The van der Waals surface area contributed by atoms with Crippen LogP contribution in [0.5, 0.6) is 5.75 Å². The van der Waals surface area contributed by atoms with Crippen molar-refractivity contribution in [2.24, 2.45) is 0 Å². The molecule has 0 saturated heterocycles. The third-order valence-corrected chi connectivity index (χ3v) is 1.98. The fourth-order valence-corrected chi connectivity index (χ4v) is 1.26. The largest absolute Gasteiger partial charge is 0.491 e. The molecule has 0 heterocycles. The van der Waals surface area contributed by atoms with E-state index in [0.717, 1.165) is 11.1 Å². The molecule has 0 saturated carbocycles. The summed E-state index contributed by atoms with van der Waals surface area (Å²) >= 11 is 0. The van der Waals surface area contributed by atoms with Crippen molar-refractivity contribution >= 4 is 0 Å². The monoisotopic (exact) mass is 222 g/mol. The number of aliphatic hydroxyl groups excluding tert-OH is 1. The first-order chi connectivity index (χ1) is 7.77. The molecule has 1 aromatic carbocycles. The summed E-state index contributed by atoms with van der Waals surface area (Å²) in [4.78, 5) is 0. The molecule has 0 radical (unpaired) electrons. The van der Waals surface area contributed by atoms with Gasteiger partial charge in [0.25, 0.3) is 0 Å². The molecule has 16 heavy (non-hydrogen) atoms. The lowest BCUT2D eigenvalue weighted by Crippen LogP contribution is -2.00. The number of ether oxygens (including phenoxy) is 1. The lowest BCUT2D eigenvalue weighted by atomic mass is 10.1. The fraction of sp³-hybridized carbons (Fsp3) is 0.385. The third kappa shape index (κ3) is 3.92. The maximum atomic E-state index is 11.9. The number of alkyl halides is 1. The van der Waals surface area contributed by atoms with Crippen LogP contribution in [0.25, 0.3) is 0 Å². The molecular weight excluding hydrogens is 207 g/mol. The molecule has 0 spiro atoms. The van der Waals surface area contributed by atoms with Gasteiger partial charge in [-0.3, -0.25) is 0 Å². The molecule has 0 unspecified atom stereocenters. The van der Waals surface area contributed by atoms with Gasteiger partial charge in [0.1, 0.15) is 19.0 Å². The van der Waals surface area contributed by atoms with Gasteiger partial charge >= 0.3 is 0 Å². The van der Waals surface area contributed by atoms with E-state index in [2.05, 4.69) is 11.8 Å². The molecule has 0 aliphatic carbocycles. The Morgan fingerprint density at radius 1 is 1.44 bits per heavy atom. The Balaban J connectivity index is 2.71. The van der Waals surface area contributed by atoms with Gasteiger partial charge in [0.2, 0.25) is 0 Å². The number of aryl methyl sites for hydroxylation is 1. The standard InChI is InChI=1S/C13H15FO2/c1-11-10-12(4-2-3-8-15)5-6-13(11)16-9-7-14/h5-6,10,15H,3,7-9H2,1H3. The molecular formula is C13H15FO2. The van der Waals surface area contributed by atoms with Crippen LogP contribution in [0, 0.1) is 18.8 Å². The van der Waals surface area contributed by atoms with Crippen molar-refractivity contribution in [1.29, 1.82) is 0 Å². The zero-order valence-corrected chi connectivity index (χ0v) is 9.29. The minimum absolute atomic E-state index is 0.0731. The summed E-state index contributed by atoms with van der Waals surface area (Å²) < 4.78 is 17.1. The minimum atomic E-state index is -0.489. The molecule has 0 fully saturated rings. The Morgan fingerprint density at radius 3 is 2.88 bits per heavy atom. The summed E-state index contributed by atoms with van der Waals surface area (Å²) in [5, 5.41) is 8.58. The molecule has 0 aromatic heterocycles. The predicted molar refractivity (Wildman–Crippen MR) is 61.2 cm³/mol. The van der Waals surface area contributed by atoms with E-state index in [9.17, 15) is 4.39 Å². The van der Waals surface area contributed by atoms with Crippen LogP contribution in [0.1, 0.15) is 17.5 Å². The highest BCUT2D eigenvalue weighted by Crippen LogP contribution is 2.18. The fourth-order valence-electron chi connectivity index (χ4n) is 1.26. The summed E-state index contributed by atoms with van der Waals surface area (Å²) in [6, 6.07) is 5.50. The van der Waals surface area contributed by atoms with E-state index in [1.807, 2.05) is 19.1 Å². The molecule has 86 valence electrons. The number of hydrogen-bond donors (Lipinski definition) is 1. The molecule has 0 aliphatic rings. The maximum Gasteiger partial charge on any atom is 0.123 e. The van der Waals surface area contributed by atoms with Crippen molar-refractivity contribution in [3.8, 4) is 17.6 Å². The van der Waals surface area contributed by atoms with E-state index in [-0.39, 0.29) is 13.2 Å². The van der Waals surface area contributed by atoms with E-state index in [1.54, 1.807) is 6.07 Å². The number of halogens is 1. The second kappa shape index (κ2) is 6.86.